The topological polar surface area (TPSA) is 155 Å². The van der Waals surface area contributed by atoms with E-state index in [4.69, 9.17) is 18.9 Å². The highest BCUT2D eigenvalue weighted by Gasteiger charge is 2.55. The first-order valence-corrected chi connectivity index (χ1v) is 16.5. The normalized spacial score (nSPS) is 34.2. The second-order valence-corrected chi connectivity index (χ2v) is 14.0. The van der Waals surface area contributed by atoms with Crippen LogP contribution in [-0.2, 0) is 25.4 Å². The number of fused-ring (bicyclic) bond motifs is 6. The predicted octanol–water partition coefficient (Wildman–Crippen LogP) is 2.46. The van der Waals surface area contributed by atoms with Gasteiger partial charge in [-0.1, -0.05) is 19.1 Å². The maximum atomic E-state index is 14.0. The molecule has 2 aromatic rings. The molecule has 12 heteroatoms. The Balaban J connectivity index is 1.20. The van der Waals surface area contributed by atoms with E-state index < -0.39 is 40.7 Å². The first-order valence-electron chi connectivity index (χ1n) is 16.5. The van der Waals surface area contributed by atoms with Crippen LogP contribution < -0.4 is 4.74 Å². The van der Waals surface area contributed by atoms with Gasteiger partial charge in [-0.05, 0) is 37.7 Å². The number of phenolic OH excluding ortho intramolecular Hbond substituents is 2. The average Bonchev–Trinajstić information content (AvgIpc) is 3.84. The first kappa shape index (κ1) is 30.8. The van der Waals surface area contributed by atoms with Crippen LogP contribution in [0, 0.1) is 5.92 Å². The number of nitrogens with zero attached hydrogens (tertiary/aromatic N) is 2. The van der Waals surface area contributed by atoms with Gasteiger partial charge in [-0.2, -0.15) is 0 Å². The highest BCUT2D eigenvalue weighted by Crippen LogP contribution is 2.53. The van der Waals surface area contributed by atoms with Gasteiger partial charge in [-0.25, -0.2) is 0 Å². The summed E-state index contributed by atoms with van der Waals surface area (Å²) in [6.45, 7) is 4.02. The Morgan fingerprint density at radius 3 is 2.51 bits per heavy atom. The molecule has 1 unspecified atom stereocenters. The number of rotatable bonds is 5. The number of aromatic hydroxyl groups is 2. The Labute approximate surface area is 272 Å². The molecular formula is C35H40N2O10. The van der Waals surface area contributed by atoms with Crippen molar-refractivity contribution in [2.45, 2.75) is 87.7 Å². The van der Waals surface area contributed by atoms with Crippen LogP contribution in [0.4, 0.5) is 0 Å². The summed E-state index contributed by atoms with van der Waals surface area (Å²) in [5.74, 6) is -2.54. The van der Waals surface area contributed by atoms with Gasteiger partial charge in [-0.15, -0.1) is 0 Å². The summed E-state index contributed by atoms with van der Waals surface area (Å²) in [5, 5.41) is 35.5. The molecule has 1 amide bonds. The van der Waals surface area contributed by atoms with E-state index >= 15 is 0 Å². The van der Waals surface area contributed by atoms with E-state index in [9.17, 15) is 29.7 Å². The van der Waals surface area contributed by atoms with Crippen molar-refractivity contribution >= 4 is 17.5 Å². The lowest BCUT2D eigenvalue weighted by Crippen LogP contribution is -2.52. The van der Waals surface area contributed by atoms with Crippen LogP contribution in [0.3, 0.4) is 0 Å². The summed E-state index contributed by atoms with van der Waals surface area (Å²) in [7, 11) is 3.10. The third-order valence-electron chi connectivity index (χ3n) is 11.2. The van der Waals surface area contributed by atoms with Gasteiger partial charge < -0.3 is 39.2 Å². The van der Waals surface area contributed by atoms with Crippen LogP contribution in [0.5, 0.6) is 17.2 Å². The fourth-order valence-corrected chi connectivity index (χ4v) is 8.94. The zero-order chi connectivity index (χ0) is 32.9. The van der Waals surface area contributed by atoms with Gasteiger partial charge in [0, 0.05) is 62.3 Å². The fourth-order valence-electron chi connectivity index (χ4n) is 8.94. The van der Waals surface area contributed by atoms with Crippen molar-refractivity contribution in [2.75, 3.05) is 33.9 Å². The van der Waals surface area contributed by atoms with Gasteiger partial charge in [-0.3, -0.25) is 19.3 Å². The van der Waals surface area contributed by atoms with Gasteiger partial charge in [0.15, 0.2) is 5.78 Å². The van der Waals surface area contributed by atoms with E-state index in [1.165, 1.54) is 18.1 Å². The van der Waals surface area contributed by atoms with E-state index in [1.807, 2.05) is 0 Å². The standard InChI is InChI=1S/C35H40N2O10/c1-16-12-17(13-20-32(16)47-33-22(45-3)8-5-9-37(20)33)46-23-15-35(43,34(42)36-10-11-36)14-19-25(23)31(41)27-26(29(19)39)28(38)18-6-4-7-21(44-2)24(18)30(27)40/h4,6-7,16-17,20,22-23,32-33,39,41,43H,5,8-15H2,1-3H3/t16-,17?,20+,22+,23+,32-,33-,35-/m1/s1. The molecule has 1 saturated carbocycles. The number of phenols is 2. The lowest BCUT2D eigenvalue weighted by atomic mass is 9.72. The monoisotopic (exact) mass is 648 g/mol. The van der Waals surface area contributed by atoms with Crippen LogP contribution >= 0.6 is 0 Å². The summed E-state index contributed by atoms with van der Waals surface area (Å²) in [6.07, 6.45) is 1.09. The van der Waals surface area contributed by atoms with Crippen molar-refractivity contribution in [1.29, 1.82) is 0 Å². The molecule has 0 radical (unpaired) electrons. The van der Waals surface area contributed by atoms with Gasteiger partial charge in [0.2, 0.25) is 5.78 Å². The molecule has 8 rings (SSSR count). The minimum atomic E-state index is -1.95. The molecule has 0 spiro atoms. The van der Waals surface area contributed by atoms with E-state index in [1.54, 1.807) is 19.2 Å². The lowest BCUT2D eigenvalue weighted by Gasteiger charge is -2.43. The number of carbonyl (C=O) groups excluding carboxylic acids is 3. The van der Waals surface area contributed by atoms with Gasteiger partial charge in [0.05, 0.1) is 48.2 Å². The molecule has 250 valence electrons. The van der Waals surface area contributed by atoms with Gasteiger partial charge in [0.1, 0.15) is 29.1 Å². The number of amides is 1. The number of hydrogen-bond acceptors (Lipinski definition) is 11. The van der Waals surface area contributed by atoms with Crippen LogP contribution in [0.25, 0.3) is 0 Å². The van der Waals surface area contributed by atoms with E-state index in [0.717, 1.165) is 19.4 Å². The predicted molar refractivity (Wildman–Crippen MR) is 165 cm³/mol. The SMILES string of the molecule is COc1cccc2c1C(=O)c1c(O)c3c(c(O)c1C2=O)C[C@](O)(C(=O)N1CC1)C[C@@H]3OC1C[C@@H](C)[C@H]2O[C@@H]3[C@@H](OC)CCCN3[C@H]2C1. The Kier molecular flexibility index (Phi) is 7.20. The molecule has 0 aromatic heterocycles. The molecule has 3 N–H and O–H groups in total. The molecule has 0 bridgehead atoms. The van der Waals surface area contributed by atoms with Gasteiger partial charge in [0.25, 0.3) is 5.91 Å². The molecule has 6 aliphatic rings. The third-order valence-corrected chi connectivity index (χ3v) is 11.2. The summed E-state index contributed by atoms with van der Waals surface area (Å²) < 4.78 is 24.5. The molecule has 2 aromatic carbocycles. The minimum absolute atomic E-state index is 0.00133. The van der Waals surface area contributed by atoms with Gasteiger partial charge >= 0.3 is 0 Å². The van der Waals surface area contributed by atoms with Crippen molar-refractivity contribution in [3.8, 4) is 17.2 Å². The largest absolute Gasteiger partial charge is 0.507 e. The number of methoxy groups -OCH3 is 2. The van der Waals surface area contributed by atoms with E-state index in [-0.39, 0.29) is 88.5 Å². The van der Waals surface area contributed by atoms with E-state index in [0.29, 0.717) is 25.9 Å². The quantitative estimate of drug-likeness (QED) is 0.276. The second kappa shape index (κ2) is 11.0. The van der Waals surface area contributed by atoms with Crippen molar-refractivity contribution in [2.24, 2.45) is 5.92 Å². The first-order chi connectivity index (χ1) is 22.6. The summed E-state index contributed by atoms with van der Waals surface area (Å²) in [5.41, 5.74) is -2.44. The molecule has 3 aliphatic heterocycles. The fraction of sp³-hybridized carbons (Fsp3) is 0.571. The maximum absolute atomic E-state index is 14.0. The number of carbonyl (C=O) groups is 3. The number of benzene rings is 2. The Morgan fingerprint density at radius 1 is 1.02 bits per heavy atom. The highest BCUT2D eigenvalue weighted by molar-refractivity contribution is 6.31. The second-order valence-electron chi connectivity index (χ2n) is 14.0. The van der Waals surface area contributed by atoms with Crippen LogP contribution in [0.15, 0.2) is 18.2 Å². The molecule has 3 aliphatic carbocycles. The zero-order valence-electron chi connectivity index (χ0n) is 26.7. The number of hydrogen-bond donors (Lipinski definition) is 3. The van der Waals surface area contributed by atoms with Crippen LogP contribution in [-0.4, -0.2) is 113 Å². The van der Waals surface area contributed by atoms with Crippen LogP contribution in [0.1, 0.15) is 88.1 Å². The molecule has 4 fully saturated rings. The minimum Gasteiger partial charge on any atom is -0.507 e. The summed E-state index contributed by atoms with van der Waals surface area (Å²) in [4.78, 5) is 45.2. The zero-order valence-corrected chi connectivity index (χ0v) is 26.7. The molecule has 8 atom stereocenters. The number of ether oxygens (including phenoxy) is 4. The third kappa shape index (κ3) is 4.56. The summed E-state index contributed by atoms with van der Waals surface area (Å²) in [6, 6.07) is 4.67. The number of ketones is 2. The highest BCUT2D eigenvalue weighted by atomic mass is 16.6. The smallest absolute Gasteiger partial charge is 0.255 e. The maximum Gasteiger partial charge on any atom is 0.255 e. The molecule has 47 heavy (non-hydrogen) atoms. The van der Waals surface area contributed by atoms with Crippen molar-refractivity contribution in [3.05, 3.63) is 51.6 Å². The molecule has 12 nitrogen and oxygen atoms in total. The van der Waals surface area contributed by atoms with Crippen molar-refractivity contribution in [1.82, 2.24) is 9.80 Å². The van der Waals surface area contributed by atoms with Crippen LogP contribution in [0.2, 0.25) is 0 Å². The molecule has 3 heterocycles. The Hall–Kier alpha value is -3.55. The van der Waals surface area contributed by atoms with E-state index in [2.05, 4.69) is 11.8 Å². The lowest BCUT2D eigenvalue weighted by molar-refractivity contribution is -0.156. The molecular weight excluding hydrogens is 608 g/mol. The van der Waals surface area contributed by atoms with Crippen molar-refractivity contribution in [3.63, 3.8) is 0 Å². The average molecular weight is 649 g/mol. The number of piperidine rings is 1. The number of aliphatic hydroxyl groups is 1. The molecule has 3 saturated heterocycles. The Bertz CT molecular complexity index is 1690. The van der Waals surface area contributed by atoms with Crippen molar-refractivity contribution < 1.29 is 48.7 Å². The summed E-state index contributed by atoms with van der Waals surface area (Å²) >= 11 is 0. The Morgan fingerprint density at radius 2 is 1.79 bits per heavy atom.